The molecular formula is C59H71FN10O8. The number of pyridine rings is 1. The normalized spacial score (nSPS) is 16.6. The van der Waals surface area contributed by atoms with E-state index in [2.05, 4.69) is 37.9 Å². The third-order valence-corrected chi connectivity index (χ3v) is 14.8. The van der Waals surface area contributed by atoms with Crippen molar-refractivity contribution in [2.24, 2.45) is 11.7 Å². The molecule has 3 fully saturated rings. The van der Waals surface area contributed by atoms with E-state index in [1.165, 1.54) is 24.0 Å². The zero-order valence-electron chi connectivity index (χ0n) is 46.1. The zero-order chi connectivity index (χ0) is 55.8. The van der Waals surface area contributed by atoms with Crippen LogP contribution in [-0.4, -0.2) is 137 Å². The van der Waals surface area contributed by atoms with Crippen LogP contribution in [0.3, 0.4) is 0 Å². The van der Waals surface area contributed by atoms with Crippen LogP contribution >= 0.6 is 0 Å². The number of imide groups is 1. The van der Waals surface area contributed by atoms with Gasteiger partial charge in [0.15, 0.2) is 0 Å². The van der Waals surface area contributed by atoms with E-state index < -0.39 is 59.9 Å². The number of rotatable bonds is 13. The van der Waals surface area contributed by atoms with E-state index in [1.807, 2.05) is 24.3 Å². The number of hydrogen-bond acceptors (Lipinski definition) is 13. The van der Waals surface area contributed by atoms with Crippen molar-refractivity contribution in [3.05, 3.63) is 118 Å². The van der Waals surface area contributed by atoms with Crippen molar-refractivity contribution in [2.45, 2.75) is 105 Å². The number of aryl methyl sites for hydroxylation is 3. The molecule has 5 amide bonds. The summed E-state index contributed by atoms with van der Waals surface area (Å²) in [5.74, 6) is -2.97. The Morgan fingerprint density at radius 1 is 0.744 bits per heavy atom. The van der Waals surface area contributed by atoms with Crippen molar-refractivity contribution in [3.63, 3.8) is 0 Å². The van der Waals surface area contributed by atoms with Crippen LogP contribution in [0.4, 0.5) is 32.1 Å². The largest absolute Gasteiger partial charge is 0.459 e. The molecule has 2 N–H and O–H groups in total. The molecule has 0 unspecified atom stereocenters. The summed E-state index contributed by atoms with van der Waals surface area (Å²) in [5.41, 5.74) is 11.2. The lowest BCUT2D eigenvalue weighted by Crippen LogP contribution is -2.54. The maximum absolute atomic E-state index is 16.7. The maximum atomic E-state index is 16.7. The predicted molar refractivity (Wildman–Crippen MR) is 295 cm³/mol. The van der Waals surface area contributed by atoms with Crippen LogP contribution in [0.25, 0.3) is 11.3 Å². The Kier molecular flexibility index (Phi) is 15.8. The SMILES string of the molecule is Cc1cccc(N(CC(=O)OC(C)(C)C)C(=O)c2ccc(-c3nn4c(c3C(N)=O)Cc3ccc(N5CCN(CC6CCN(c7ccc(N8CCC(=O)N(CC(=O)OC(C)(C)C)C8=O)cc7)CC6)CC5)cc3CC4)c(F)c2C)n1. The quantitative estimate of drug-likeness (QED) is 0.114. The molecule has 18 nitrogen and oxygen atoms in total. The van der Waals surface area contributed by atoms with E-state index >= 15 is 4.39 Å². The number of primary amides is 1. The van der Waals surface area contributed by atoms with Gasteiger partial charge in [0.1, 0.15) is 41.6 Å². The van der Waals surface area contributed by atoms with Gasteiger partial charge in [0, 0.05) is 106 Å². The van der Waals surface area contributed by atoms with Crippen molar-refractivity contribution in [1.29, 1.82) is 0 Å². The lowest BCUT2D eigenvalue weighted by Gasteiger charge is -2.40. The van der Waals surface area contributed by atoms with Crippen LogP contribution in [0, 0.1) is 25.6 Å². The fourth-order valence-corrected chi connectivity index (χ4v) is 11.0. The molecule has 0 aliphatic carbocycles. The van der Waals surface area contributed by atoms with E-state index in [0.29, 0.717) is 42.4 Å². The summed E-state index contributed by atoms with van der Waals surface area (Å²) in [6.07, 6.45) is 3.29. The molecule has 5 aromatic rings. The number of ether oxygens (including phenoxy) is 2. The molecule has 0 saturated carbocycles. The van der Waals surface area contributed by atoms with Crippen molar-refractivity contribution in [1.82, 2.24) is 24.6 Å². The molecule has 3 aromatic carbocycles. The number of hydrogen-bond donors (Lipinski definition) is 1. The molecule has 6 heterocycles. The first-order valence-corrected chi connectivity index (χ1v) is 26.9. The molecule has 0 bridgehead atoms. The maximum Gasteiger partial charge on any atom is 0.331 e. The van der Waals surface area contributed by atoms with E-state index in [-0.39, 0.29) is 52.6 Å². The molecule has 2 aromatic heterocycles. The summed E-state index contributed by atoms with van der Waals surface area (Å²) in [6.45, 7) is 20.1. The standard InChI is InChI=1S/C59H71FN10O8/c1-37-10-9-11-48(62-37)68(35-50(72)77-58(3,4)5)56(75)45-18-19-46(53(60)38(45)2)54-52(55(61)74)47-33-40-12-13-44(32-41(40)22-27-70(47)63-54)66-30-28-64(29-31-66)34-39-20-24-65(25-21-39)42-14-16-43(17-15-42)67-26-23-49(71)69(57(67)76)36-51(73)78-59(6,7)8/h9-19,32,39H,20-31,33-36H2,1-8H3,(H2,61,74). The molecule has 78 heavy (non-hydrogen) atoms. The average molecular weight is 1070 g/mol. The number of aromatic nitrogens is 3. The first kappa shape index (κ1) is 55.1. The predicted octanol–water partition coefficient (Wildman–Crippen LogP) is 7.47. The Bertz CT molecular complexity index is 3130. The lowest BCUT2D eigenvalue weighted by molar-refractivity contribution is -0.157. The van der Waals surface area contributed by atoms with Gasteiger partial charge >= 0.3 is 18.0 Å². The molecule has 3 saturated heterocycles. The minimum absolute atomic E-state index is 0.0124. The lowest BCUT2D eigenvalue weighted by atomic mass is 9.95. The molecule has 0 atom stereocenters. The van der Waals surface area contributed by atoms with Gasteiger partial charge in [-0.1, -0.05) is 12.1 Å². The monoisotopic (exact) mass is 1070 g/mol. The molecule has 19 heteroatoms. The minimum atomic E-state index is -0.798. The number of carbonyl (C=O) groups is 6. The second-order valence-electron chi connectivity index (χ2n) is 22.8. The second kappa shape index (κ2) is 22.4. The highest BCUT2D eigenvalue weighted by atomic mass is 19.1. The van der Waals surface area contributed by atoms with Crippen LogP contribution in [0.2, 0.25) is 0 Å². The number of piperidine rings is 1. The first-order chi connectivity index (χ1) is 37.0. The number of carbonyl (C=O) groups excluding carboxylic acids is 6. The Morgan fingerprint density at radius 3 is 2.06 bits per heavy atom. The number of nitrogens with zero attached hydrogens (tertiary/aromatic N) is 9. The number of anilines is 4. The fourth-order valence-electron chi connectivity index (χ4n) is 11.0. The first-order valence-electron chi connectivity index (χ1n) is 26.9. The Labute approximate surface area is 455 Å². The summed E-state index contributed by atoms with van der Waals surface area (Å²) in [4.78, 5) is 94.5. The number of nitrogens with two attached hydrogens (primary N) is 1. The van der Waals surface area contributed by atoms with Gasteiger partial charge < -0.3 is 25.0 Å². The number of amides is 5. The summed E-state index contributed by atoms with van der Waals surface area (Å²) < 4.78 is 29.3. The van der Waals surface area contributed by atoms with Crippen LogP contribution in [0.5, 0.6) is 0 Å². The van der Waals surface area contributed by atoms with Gasteiger partial charge in [-0.15, -0.1) is 0 Å². The minimum Gasteiger partial charge on any atom is -0.459 e. The highest BCUT2D eigenvalue weighted by Gasteiger charge is 2.36. The van der Waals surface area contributed by atoms with Crippen LogP contribution in [0.1, 0.15) is 110 Å². The number of fused-ring (bicyclic) bond motifs is 2. The fraction of sp³-hybridized carbons (Fsp3) is 0.458. The van der Waals surface area contributed by atoms with Gasteiger partial charge in [-0.2, -0.15) is 5.10 Å². The summed E-state index contributed by atoms with van der Waals surface area (Å²) in [6, 6.07) is 21.8. The van der Waals surface area contributed by atoms with Crippen LogP contribution in [-0.2, 0) is 43.2 Å². The Hall–Kier alpha value is -7.67. The third-order valence-electron chi connectivity index (χ3n) is 14.8. The topological polar surface area (TPSA) is 197 Å². The Morgan fingerprint density at radius 2 is 1.40 bits per heavy atom. The van der Waals surface area contributed by atoms with E-state index in [4.69, 9.17) is 20.3 Å². The van der Waals surface area contributed by atoms with Gasteiger partial charge in [-0.25, -0.2) is 14.2 Å². The zero-order valence-corrected chi connectivity index (χ0v) is 46.1. The van der Waals surface area contributed by atoms with Crippen molar-refractivity contribution in [3.8, 4) is 11.3 Å². The number of piperazine rings is 1. The second-order valence-corrected chi connectivity index (χ2v) is 22.8. The summed E-state index contributed by atoms with van der Waals surface area (Å²) in [5, 5.41) is 4.81. The number of esters is 2. The van der Waals surface area contributed by atoms with Crippen molar-refractivity contribution in [2.75, 3.05) is 85.0 Å². The average Bonchev–Trinajstić information content (AvgIpc) is 3.66. The highest BCUT2D eigenvalue weighted by Crippen LogP contribution is 2.36. The van der Waals surface area contributed by atoms with Crippen molar-refractivity contribution < 1.29 is 42.6 Å². The summed E-state index contributed by atoms with van der Waals surface area (Å²) >= 11 is 0. The summed E-state index contributed by atoms with van der Waals surface area (Å²) in [7, 11) is 0. The smallest absolute Gasteiger partial charge is 0.331 e. The van der Waals surface area contributed by atoms with Crippen molar-refractivity contribution >= 4 is 58.6 Å². The number of halogens is 1. The molecule has 4 aliphatic rings. The molecule has 4 aliphatic heterocycles. The van der Waals surface area contributed by atoms with E-state index in [0.717, 1.165) is 86.1 Å². The molecule has 9 rings (SSSR count). The van der Waals surface area contributed by atoms with Crippen LogP contribution < -0.4 is 25.3 Å². The van der Waals surface area contributed by atoms with Crippen LogP contribution in [0.15, 0.2) is 72.8 Å². The van der Waals surface area contributed by atoms with E-state index in [9.17, 15) is 28.8 Å². The van der Waals surface area contributed by atoms with E-state index in [1.54, 1.807) is 76.2 Å². The molecule has 0 spiro atoms. The Balaban J connectivity index is 0.794. The van der Waals surface area contributed by atoms with Gasteiger partial charge in [0.2, 0.25) is 5.91 Å². The number of benzene rings is 3. The van der Waals surface area contributed by atoms with Gasteiger partial charge in [0.05, 0.1) is 11.3 Å². The molecule has 0 radical (unpaired) electrons. The molecule has 412 valence electrons. The third kappa shape index (κ3) is 12.4. The van der Waals surface area contributed by atoms with Gasteiger partial charge in [-0.05, 0) is 158 Å². The van der Waals surface area contributed by atoms with Gasteiger partial charge in [0.25, 0.3) is 11.8 Å². The molecular weight excluding hydrogens is 996 g/mol. The van der Waals surface area contributed by atoms with Gasteiger partial charge in [-0.3, -0.25) is 48.3 Å². The highest BCUT2D eigenvalue weighted by molar-refractivity contribution is 6.10. The number of urea groups is 1.